The van der Waals surface area contributed by atoms with Gasteiger partial charge in [-0.2, -0.15) is 4.98 Å². The predicted molar refractivity (Wildman–Crippen MR) is 64.3 cm³/mol. The van der Waals surface area contributed by atoms with Crippen molar-refractivity contribution >= 4 is 11.7 Å². The number of aryl methyl sites for hydroxylation is 1. The molecule has 1 aromatic heterocycles. The highest BCUT2D eigenvalue weighted by Gasteiger charge is 2.07. The molecule has 1 rings (SSSR count). The molecule has 0 radical (unpaired) electrons. The second-order valence-corrected chi connectivity index (χ2v) is 3.35. The number of aromatic nitrogens is 2. The van der Waals surface area contributed by atoms with E-state index in [1.165, 1.54) is 4.57 Å². The fourth-order valence-electron chi connectivity index (χ4n) is 0.806. The number of carbonyl (C=O) groups excluding carboxylic acids is 1. The molecule has 0 saturated carbocycles. The van der Waals surface area contributed by atoms with E-state index in [0.717, 1.165) is 0 Å². The van der Waals surface area contributed by atoms with E-state index in [1.807, 2.05) is 13.8 Å². The van der Waals surface area contributed by atoms with Gasteiger partial charge in [-0.25, -0.2) is 4.79 Å². The van der Waals surface area contributed by atoms with Gasteiger partial charge in [0.1, 0.15) is 5.82 Å². The van der Waals surface area contributed by atoms with Crippen molar-refractivity contribution in [1.82, 2.24) is 9.55 Å². The first-order chi connectivity index (χ1) is 7.50. The van der Waals surface area contributed by atoms with Crippen LogP contribution in [0.4, 0.5) is 5.82 Å². The standard InChI is InChI=1S/C9H13N3O2.C2H6/c1-6(2)8(13)10-7-4-5-12(3)9(14)11-7;1-2/h4-6H,1-3H3,(H,10,11,13,14);1-2H3. The molecule has 1 heterocycles. The number of nitrogens with one attached hydrogen (secondary N) is 1. The molecule has 0 aliphatic heterocycles. The van der Waals surface area contributed by atoms with Gasteiger partial charge < -0.3 is 9.88 Å². The van der Waals surface area contributed by atoms with E-state index >= 15 is 0 Å². The molecular weight excluding hydrogens is 206 g/mol. The highest BCUT2D eigenvalue weighted by Crippen LogP contribution is 2.01. The molecule has 1 amide bonds. The van der Waals surface area contributed by atoms with Crippen LogP contribution in [0.3, 0.4) is 0 Å². The van der Waals surface area contributed by atoms with Gasteiger partial charge >= 0.3 is 5.69 Å². The van der Waals surface area contributed by atoms with E-state index < -0.39 is 0 Å². The maximum atomic E-state index is 11.2. The van der Waals surface area contributed by atoms with Crippen LogP contribution in [0.2, 0.25) is 0 Å². The van der Waals surface area contributed by atoms with Crippen LogP contribution in [0, 0.1) is 5.92 Å². The Morgan fingerprint density at radius 1 is 1.44 bits per heavy atom. The van der Waals surface area contributed by atoms with Crippen molar-refractivity contribution in [1.29, 1.82) is 0 Å². The lowest BCUT2D eigenvalue weighted by Gasteiger charge is -2.06. The SMILES string of the molecule is CC.CC(C)C(=O)Nc1ccn(C)c(=O)n1. The first kappa shape index (κ1) is 14.3. The summed E-state index contributed by atoms with van der Waals surface area (Å²) >= 11 is 0. The van der Waals surface area contributed by atoms with Crippen LogP contribution >= 0.6 is 0 Å². The Morgan fingerprint density at radius 2 is 2.00 bits per heavy atom. The molecule has 5 heteroatoms. The van der Waals surface area contributed by atoms with Gasteiger partial charge in [-0.3, -0.25) is 4.79 Å². The van der Waals surface area contributed by atoms with Gasteiger partial charge in [0.05, 0.1) is 0 Å². The van der Waals surface area contributed by atoms with Crippen molar-refractivity contribution in [3.63, 3.8) is 0 Å². The number of rotatable bonds is 2. The summed E-state index contributed by atoms with van der Waals surface area (Å²) in [6.07, 6.45) is 1.56. The first-order valence-corrected chi connectivity index (χ1v) is 5.35. The number of hydrogen-bond donors (Lipinski definition) is 1. The van der Waals surface area contributed by atoms with Crippen LogP contribution in [0.5, 0.6) is 0 Å². The first-order valence-electron chi connectivity index (χ1n) is 5.35. The average molecular weight is 225 g/mol. The Hall–Kier alpha value is -1.65. The predicted octanol–water partition coefficient (Wildman–Crippen LogP) is 1.40. The molecule has 5 nitrogen and oxygen atoms in total. The van der Waals surface area contributed by atoms with Gasteiger partial charge in [0.15, 0.2) is 0 Å². The quantitative estimate of drug-likeness (QED) is 0.827. The Kier molecular flexibility index (Phi) is 6.07. The second kappa shape index (κ2) is 6.76. The lowest BCUT2D eigenvalue weighted by molar-refractivity contribution is -0.118. The van der Waals surface area contributed by atoms with Gasteiger partial charge in [0.2, 0.25) is 5.91 Å². The van der Waals surface area contributed by atoms with Crippen molar-refractivity contribution in [2.75, 3.05) is 5.32 Å². The van der Waals surface area contributed by atoms with Gasteiger partial charge in [0.25, 0.3) is 0 Å². The van der Waals surface area contributed by atoms with Crippen LogP contribution in [-0.2, 0) is 11.8 Å². The maximum Gasteiger partial charge on any atom is 0.349 e. The summed E-state index contributed by atoms with van der Waals surface area (Å²) in [7, 11) is 1.60. The van der Waals surface area contributed by atoms with E-state index in [1.54, 1.807) is 33.2 Å². The summed E-state index contributed by atoms with van der Waals surface area (Å²) in [4.78, 5) is 26.0. The molecule has 16 heavy (non-hydrogen) atoms. The minimum Gasteiger partial charge on any atom is -0.310 e. The number of hydrogen-bond acceptors (Lipinski definition) is 3. The van der Waals surface area contributed by atoms with Crippen molar-refractivity contribution in [3.8, 4) is 0 Å². The third-order valence-electron chi connectivity index (χ3n) is 1.75. The van der Waals surface area contributed by atoms with Crippen molar-refractivity contribution in [2.24, 2.45) is 13.0 Å². The van der Waals surface area contributed by atoms with E-state index in [0.29, 0.717) is 5.82 Å². The minimum atomic E-state index is -0.383. The molecular formula is C11H19N3O2. The summed E-state index contributed by atoms with van der Waals surface area (Å²) in [5.41, 5.74) is -0.383. The molecule has 0 spiro atoms. The van der Waals surface area contributed by atoms with E-state index in [2.05, 4.69) is 10.3 Å². The minimum absolute atomic E-state index is 0.124. The molecule has 0 fully saturated rings. The lowest BCUT2D eigenvalue weighted by atomic mass is 10.2. The maximum absolute atomic E-state index is 11.2. The van der Waals surface area contributed by atoms with E-state index in [4.69, 9.17) is 0 Å². The van der Waals surface area contributed by atoms with Crippen LogP contribution in [0.1, 0.15) is 27.7 Å². The lowest BCUT2D eigenvalue weighted by Crippen LogP contribution is -2.24. The molecule has 0 aliphatic rings. The normalized spacial score (nSPS) is 9.38. The molecule has 90 valence electrons. The fraction of sp³-hybridized carbons (Fsp3) is 0.545. The highest BCUT2D eigenvalue weighted by molar-refractivity contribution is 5.90. The number of carbonyl (C=O) groups is 1. The van der Waals surface area contributed by atoms with E-state index in [-0.39, 0.29) is 17.5 Å². The Morgan fingerprint density at radius 3 is 2.44 bits per heavy atom. The molecule has 0 saturated heterocycles. The van der Waals surface area contributed by atoms with Crippen LogP contribution < -0.4 is 11.0 Å². The molecule has 1 aromatic rings. The van der Waals surface area contributed by atoms with Crippen LogP contribution in [0.15, 0.2) is 17.1 Å². The fourth-order valence-corrected chi connectivity index (χ4v) is 0.806. The Balaban J connectivity index is 0.00000106. The van der Waals surface area contributed by atoms with Gasteiger partial charge in [0, 0.05) is 19.2 Å². The number of nitrogens with zero attached hydrogens (tertiary/aromatic N) is 2. The van der Waals surface area contributed by atoms with Crippen molar-refractivity contribution in [2.45, 2.75) is 27.7 Å². The summed E-state index contributed by atoms with van der Waals surface area (Å²) in [5.74, 6) is 0.0263. The molecule has 0 aromatic carbocycles. The van der Waals surface area contributed by atoms with Gasteiger partial charge in [-0.05, 0) is 6.07 Å². The molecule has 0 aliphatic carbocycles. The summed E-state index contributed by atoms with van der Waals surface area (Å²) < 4.78 is 1.34. The zero-order chi connectivity index (χ0) is 12.7. The molecule has 0 atom stereocenters. The summed E-state index contributed by atoms with van der Waals surface area (Å²) in [6.45, 7) is 7.55. The van der Waals surface area contributed by atoms with Gasteiger partial charge in [-0.1, -0.05) is 27.7 Å². The van der Waals surface area contributed by atoms with Crippen LogP contribution in [-0.4, -0.2) is 15.5 Å². The number of anilines is 1. The third kappa shape index (κ3) is 4.25. The van der Waals surface area contributed by atoms with Crippen molar-refractivity contribution < 1.29 is 4.79 Å². The molecule has 0 bridgehead atoms. The molecule has 0 unspecified atom stereocenters. The summed E-state index contributed by atoms with van der Waals surface area (Å²) in [6, 6.07) is 1.58. The Labute approximate surface area is 95.5 Å². The van der Waals surface area contributed by atoms with E-state index in [9.17, 15) is 9.59 Å². The highest BCUT2D eigenvalue weighted by atomic mass is 16.2. The third-order valence-corrected chi connectivity index (χ3v) is 1.75. The second-order valence-electron chi connectivity index (χ2n) is 3.35. The molecule has 1 N–H and O–H groups in total. The summed E-state index contributed by atoms with van der Waals surface area (Å²) in [5, 5.41) is 2.55. The largest absolute Gasteiger partial charge is 0.349 e. The zero-order valence-electron chi connectivity index (χ0n) is 10.4. The van der Waals surface area contributed by atoms with Crippen molar-refractivity contribution in [3.05, 3.63) is 22.7 Å². The monoisotopic (exact) mass is 225 g/mol. The topological polar surface area (TPSA) is 64.0 Å². The smallest absolute Gasteiger partial charge is 0.310 e. The zero-order valence-corrected chi connectivity index (χ0v) is 10.4. The Bertz CT molecular complexity index is 396. The van der Waals surface area contributed by atoms with Gasteiger partial charge in [-0.15, -0.1) is 0 Å². The average Bonchev–Trinajstić information content (AvgIpc) is 2.26. The van der Waals surface area contributed by atoms with Crippen LogP contribution in [0.25, 0.3) is 0 Å². The number of amides is 1.